The molecule has 2 aromatic rings. The van der Waals surface area contributed by atoms with E-state index in [0.717, 1.165) is 4.90 Å². The molecule has 3 rings (SSSR count). The number of phenols is 1. The molecule has 2 aromatic carbocycles. The van der Waals surface area contributed by atoms with Crippen LogP contribution in [-0.2, 0) is 4.74 Å². The third-order valence-electron chi connectivity index (χ3n) is 3.85. The molecule has 0 saturated heterocycles. The Labute approximate surface area is 143 Å². The highest BCUT2D eigenvalue weighted by Crippen LogP contribution is 2.24. The van der Waals surface area contributed by atoms with Crippen LogP contribution in [-0.4, -0.2) is 48.1 Å². The summed E-state index contributed by atoms with van der Waals surface area (Å²) in [6, 6.07) is 10.7. The van der Waals surface area contributed by atoms with E-state index in [9.17, 15) is 19.5 Å². The summed E-state index contributed by atoms with van der Waals surface area (Å²) in [5.74, 6) is -1.45. The van der Waals surface area contributed by atoms with Gasteiger partial charge in [0.25, 0.3) is 11.8 Å². The lowest BCUT2D eigenvalue weighted by atomic mass is 10.1. The Hall–Kier alpha value is -3.35. The third kappa shape index (κ3) is 3.03. The van der Waals surface area contributed by atoms with Crippen molar-refractivity contribution < 1.29 is 29.0 Å². The van der Waals surface area contributed by atoms with Crippen LogP contribution in [0.2, 0.25) is 0 Å². The SMILES string of the molecule is COc1ccc(C(=O)OCCN2C(=O)c3ccccc3C2=O)c(O)c1. The smallest absolute Gasteiger partial charge is 0.341 e. The number of nitrogens with zero attached hydrogens (tertiary/aromatic N) is 1. The number of methoxy groups -OCH3 is 1. The molecule has 128 valence electrons. The molecule has 0 spiro atoms. The highest BCUT2D eigenvalue weighted by atomic mass is 16.5. The average Bonchev–Trinajstić information content (AvgIpc) is 2.86. The summed E-state index contributed by atoms with van der Waals surface area (Å²) >= 11 is 0. The van der Waals surface area contributed by atoms with Crippen molar-refractivity contribution in [2.45, 2.75) is 0 Å². The van der Waals surface area contributed by atoms with Gasteiger partial charge in [-0.05, 0) is 24.3 Å². The molecular weight excluding hydrogens is 326 g/mol. The number of amides is 2. The fraction of sp³-hybridized carbons (Fsp3) is 0.167. The Morgan fingerprint density at radius 1 is 1.08 bits per heavy atom. The minimum Gasteiger partial charge on any atom is -0.507 e. The summed E-state index contributed by atoms with van der Waals surface area (Å²) in [7, 11) is 1.44. The van der Waals surface area contributed by atoms with Gasteiger partial charge < -0.3 is 14.6 Å². The van der Waals surface area contributed by atoms with Crippen LogP contribution in [0.1, 0.15) is 31.1 Å². The average molecular weight is 341 g/mol. The number of esters is 1. The van der Waals surface area contributed by atoms with Crippen LogP contribution < -0.4 is 4.74 Å². The minimum atomic E-state index is -0.753. The topological polar surface area (TPSA) is 93.1 Å². The molecule has 0 bridgehead atoms. The number of ether oxygens (including phenoxy) is 2. The number of imide groups is 1. The number of rotatable bonds is 5. The maximum absolute atomic E-state index is 12.2. The molecule has 1 N–H and O–H groups in total. The van der Waals surface area contributed by atoms with Gasteiger partial charge in [-0.25, -0.2) is 4.79 Å². The first-order valence-corrected chi connectivity index (χ1v) is 7.52. The van der Waals surface area contributed by atoms with Gasteiger partial charge in [-0.2, -0.15) is 0 Å². The molecule has 0 atom stereocenters. The van der Waals surface area contributed by atoms with Gasteiger partial charge in [-0.1, -0.05) is 12.1 Å². The van der Waals surface area contributed by atoms with Crippen LogP contribution in [0.15, 0.2) is 42.5 Å². The Kier molecular flexibility index (Phi) is 4.38. The van der Waals surface area contributed by atoms with Crippen molar-refractivity contribution in [2.75, 3.05) is 20.3 Å². The molecule has 1 heterocycles. The molecule has 0 unspecified atom stereocenters. The number of carbonyl (C=O) groups is 3. The van der Waals surface area contributed by atoms with Crippen LogP contribution >= 0.6 is 0 Å². The van der Waals surface area contributed by atoms with E-state index in [1.807, 2.05) is 0 Å². The quantitative estimate of drug-likeness (QED) is 0.659. The summed E-state index contributed by atoms with van der Waals surface area (Å²) in [6.45, 7) is -0.231. The molecule has 1 aliphatic rings. The van der Waals surface area contributed by atoms with Crippen molar-refractivity contribution in [2.24, 2.45) is 0 Å². The highest BCUT2D eigenvalue weighted by molar-refractivity contribution is 6.21. The largest absolute Gasteiger partial charge is 0.507 e. The second kappa shape index (κ2) is 6.64. The lowest BCUT2D eigenvalue weighted by molar-refractivity contribution is 0.0417. The van der Waals surface area contributed by atoms with Gasteiger partial charge >= 0.3 is 5.97 Å². The van der Waals surface area contributed by atoms with Crippen LogP contribution in [0.4, 0.5) is 0 Å². The van der Waals surface area contributed by atoms with E-state index in [1.165, 1.54) is 25.3 Å². The maximum Gasteiger partial charge on any atom is 0.341 e. The zero-order valence-electron chi connectivity index (χ0n) is 13.4. The van der Waals surface area contributed by atoms with Crippen LogP contribution in [0.5, 0.6) is 11.5 Å². The fourth-order valence-corrected chi connectivity index (χ4v) is 2.56. The summed E-state index contributed by atoms with van der Waals surface area (Å²) in [5.41, 5.74) is 0.654. The highest BCUT2D eigenvalue weighted by Gasteiger charge is 2.34. The number of aromatic hydroxyl groups is 1. The number of hydrogen-bond donors (Lipinski definition) is 1. The van der Waals surface area contributed by atoms with Gasteiger partial charge in [0.2, 0.25) is 0 Å². The second-order valence-corrected chi connectivity index (χ2v) is 5.33. The summed E-state index contributed by atoms with van der Waals surface area (Å²) < 4.78 is 9.99. The molecule has 2 amide bonds. The molecule has 7 nitrogen and oxygen atoms in total. The molecule has 0 fully saturated rings. The summed E-state index contributed by atoms with van der Waals surface area (Å²) in [4.78, 5) is 37.4. The Bertz CT molecular complexity index is 825. The number of carbonyl (C=O) groups excluding carboxylic acids is 3. The number of hydrogen-bond acceptors (Lipinski definition) is 6. The zero-order valence-corrected chi connectivity index (χ0v) is 13.4. The van der Waals surface area contributed by atoms with Crippen LogP contribution in [0.25, 0.3) is 0 Å². The van der Waals surface area contributed by atoms with Crippen molar-refractivity contribution in [1.29, 1.82) is 0 Å². The fourth-order valence-electron chi connectivity index (χ4n) is 2.56. The van der Waals surface area contributed by atoms with E-state index in [1.54, 1.807) is 24.3 Å². The van der Waals surface area contributed by atoms with Crippen molar-refractivity contribution in [1.82, 2.24) is 4.90 Å². The van der Waals surface area contributed by atoms with E-state index in [2.05, 4.69) is 0 Å². The van der Waals surface area contributed by atoms with Crippen molar-refractivity contribution in [3.8, 4) is 11.5 Å². The van der Waals surface area contributed by atoms with E-state index < -0.39 is 17.8 Å². The minimum absolute atomic E-state index is 0.0249. The van der Waals surface area contributed by atoms with Crippen molar-refractivity contribution >= 4 is 17.8 Å². The van der Waals surface area contributed by atoms with Crippen molar-refractivity contribution in [3.05, 3.63) is 59.2 Å². The van der Waals surface area contributed by atoms with E-state index in [-0.39, 0.29) is 24.5 Å². The molecule has 0 radical (unpaired) electrons. The predicted octanol–water partition coefficient (Wildman–Crippen LogP) is 1.85. The third-order valence-corrected chi connectivity index (χ3v) is 3.85. The van der Waals surface area contributed by atoms with E-state index >= 15 is 0 Å². The second-order valence-electron chi connectivity index (χ2n) is 5.33. The normalized spacial score (nSPS) is 12.9. The lowest BCUT2D eigenvalue weighted by Crippen LogP contribution is -2.33. The van der Waals surface area contributed by atoms with Gasteiger partial charge in [-0.15, -0.1) is 0 Å². The van der Waals surface area contributed by atoms with Gasteiger partial charge in [0.1, 0.15) is 23.7 Å². The van der Waals surface area contributed by atoms with Crippen molar-refractivity contribution in [3.63, 3.8) is 0 Å². The van der Waals surface area contributed by atoms with E-state index in [4.69, 9.17) is 9.47 Å². The first-order chi connectivity index (χ1) is 12.0. The first-order valence-electron chi connectivity index (χ1n) is 7.52. The number of benzene rings is 2. The van der Waals surface area contributed by atoms with Gasteiger partial charge in [-0.3, -0.25) is 14.5 Å². The number of fused-ring (bicyclic) bond motifs is 1. The lowest BCUT2D eigenvalue weighted by Gasteiger charge is -2.14. The van der Waals surface area contributed by atoms with Gasteiger partial charge in [0.05, 0.1) is 24.8 Å². The van der Waals surface area contributed by atoms with Crippen LogP contribution in [0, 0.1) is 0 Å². The standard InChI is InChI=1S/C18H15NO6/c1-24-11-6-7-14(15(20)10-11)18(23)25-9-8-19-16(21)12-4-2-3-5-13(12)17(19)22/h2-7,10,20H,8-9H2,1H3. The monoisotopic (exact) mass is 341 g/mol. The molecule has 0 aliphatic carbocycles. The Morgan fingerprint density at radius 3 is 2.28 bits per heavy atom. The Morgan fingerprint density at radius 2 is 1.72 bits per heavy atom. The van der Waals surface area contributed by atoms with Gasteiger partial charge in [0.15, 0.2) is 0 Å². The summed E-state index contributed by atoms with van der Waals surface area (Å²) in [6.07, 6.45) is 0. The first kappa shape index (κ1) is 16.5. The molecule has 25 heavy (non-hydrogen) atoms. The molecule has 0 aromatic heterocycles. The molecule has 1 aliphatic heterocycles. The van der Waals surface area contributed by atoms with Crippen LogP contribution in [0.3, 0.4) is 0 Å². The summed E-state index contributed by atoms with van der Waals surface area (Å²) in [5, 5.41) is 9.81. The zero-order chi connectivity index (χ0) is 18.0. The maximum atomic E-state index is 12.2. The number of phenolic OH excluding ortho intramolecular Hbond substituents is 1. The Balaban J connectivity index is 1.61. The van der Waals surface area contributed by atoms with Gasteiger partial charge in [0, 0.05) is 6.07 Å². The predicted molar refractivity (Wildman–Crippen MR) is 86.8 cm³/mol. The molecule has 7 heteroatoms. The van der Waals surface area contributed by atoms with E-state index in [0.29, 0.717) is 16.9 Å². The molecular formula is C18H15NO6. The molecule has 0 saturated carbocycles.